The fraction of sp³-hybridized carbons (Fsp3) is 0.562. The number of hydrogen-bond donors (Lipinski definition) is 1. The van der Waals surface area contributed by atoms with E-state index in [9.17, 15) is 4.79 Å². The number of methoxy groups -OCH3 is 1. The molecule has 1 aromatic rings. The summed E-state index contributed by atoms with van der Waals surface area (Å²) < 4.78 is 10.3. The van der Waals surface area contributed by atoms with Gasteiger partial charge in [0.1, 0.15) is 5.75 Å². The molecular weight excluding hydrogens is 268 g/mol. The van der Waals surface area contributed by atoms with Crippen LogP contribution in [0.2, 0.25) is 0 Å². The van der Waals surface area contributed by atoms with E-state index in [0.29, 0.717) is 19.6 Å². The Balaban J connectivity index is 2.08. The van der Waals surface area contributed by atoms with Crippen molar-refractivity contribution >= 4 is 5.97 Å². The molecule has 0 atom stereocenters. The molecule has 0 bridgehead atoms. The molecule has 1 rings (SSSR count). The Labute approximate surface area is 127 Å². The minimum atomic E-state index is -0.146. The van der Waals surface area contributed by atoms with Crippen molar-refractivity contribution in [1.82, 2.24) is 4.90 Å². The van der Waals surface area contributed by atoms with Gasteiger partial charge in [-0.25, -0.2) is 0 Å². The van der Waals surface area contributed by atoms with Crippen LogP contribution in [0, 0.1) is 0 Å². The maximum absolute atomic E-state index is 11.0. The predicted molar refractivity (Wildman–Crippen MR) is 83.2 cm³/mol. The molecule has 1 aromatic carbocycles. The fourth-order valence-corrected chi connectivity index (χ4v) is 1.95. The minimum absolute atomic E-state index is 0.146. The Hall–Kier alpha value is -1.59. The third-order valence-electron chi connectivity index (χ3n) is 3.26. The monoisotopic (exact) mass is 294 g/mol. The van der Waals surface area contributed by atoms with Gasteiger partial charge in [-0.3, -0.25) is 4.79 Å². The SMILES string of the molecule is COC(=O)CCCN(C)CCCOc1ccc(CN)cc1. The molecule has 21 heavy (non-hydrogen) atoms. The van der Waals surface area contributed by atoms with Gasteiger partial charge in [0.25, 0.3) is 0 Å². The molecule has 5 heteroatoms. The summed E-state index contributed by atoms with van der Waals surface area (Å²) in [7, 11) is 3.47. The third kappa shape index (κ3) is 7.68. The van der Waals surface area contributed by atoms with Gasteiger partial charge in [-0.15, -0.1) is 0 Å². The Bertz CT molecular complexity index is 406. The Morgan fingerprint density at radius 1 is 1.19 bits per heavy atom. The van der Waals surface area contributed by atoms with Crippen molar-refractivity contribution in [1.29, 1.82) is 0 Å². The average Bonchev–Trinajstić information content (AvgIpc) is 2.52. The lowest BCUT2D eigenvalue weighted by molar-refractivity contribution is -0.140. The van der Waals surface area contributed by atoms with Crippen LogP contribution in [0.4, 0.5) is 0 Å². The molecule has 0 aliphatic heterocycles. The smallest absolute Gasteiger partial charge is 0.305 e. The van der Waals surface area contributed by atoms with E-state index >= 15 is 0 Å². The lowest BCUT2D eigenvalue weighted by Gasteiger charge is -2.16. The molecule has 0 unspecified atom stereocenters. The number of nitrogens with two attached hydrogens (primary N) is 1. The lowest BCUT2D eigenvalue weighted by atomic mass is 10.2. The van der Waals surface area contributed by atoms with Crippen molar-refractivity contribution in [3.05, 3.63) is 29.8 Å². The summed E-state index contributed by atoms with van der Waals surface area (Å²) in [6.07, 6.45) is 2.25. The number of nitrogens with zero attached hydrogens (tertiary/aromatic N) is 1. The van der Waals surface area contributed by atoms with Crippen molar-refractivity contribution < 1.29 is 14.3 Å². The number of esters is 1. The van der Waals surface area contributed by atoms with Crippen molar-refractivity contribution in [2.75, 3.05) is 33.9 Å². The van der Waals surface area contributed by atoms with E-state index in [1.807, 2.05) is 31.3 Å². The van der Waals surface area contributed by atoms with Gasteiger partial charge in [-0.2, -0.15) is 0 Å². The zero-order chi connectivity index (χ0) is 15.5. The topological polar surface area (TPSA) is 64.8 Å². The number of hydrogen-bond acceptors (Lipinski definition) is 5. The Morgan fingerprint density at radius 2 is 1.86 bits per heavy atom. The largest absolute Gasteiger partial charge is 0.494 e. The van der Waals surface area contributed by atoms with E-state index in [4.69, 9.17) is 10.5 Å². The van der Waals surface area contributed by atoms with Crippen molar-refractivity contribution in [2.24, 2.45) is 5.73 Å². The zero-order valence-electron chi connectivity index (χ0n) is 13.0. The lowest BCUT2D eigenvalue weighted by Crippen LogP contribution is -2.23. The Kier molecular flexibility index (Phi) is 8.47. The zero-order valence-corrected chi connectivity index (χ0v) is 13.0. The van der Waals surface area contributed by atoms with Crippen LogP contribution in [-0.4, -0.2) is 44.7 Å². The van der Waals surface area contributed by atoms with E-state index in [-0.39, 0.29) is 5.97 Å². The maximum Gasteiger partial charge on any atom is 0.305 e. The second kappa shape index (κ2) is 10.2. The van der Waals surface area contributed by atoms with Crippen LogP contribution in [0.15, 0.2) is 24.3 Å². The highest BCUT2D eigenvalue weighted by atomic mass is 16.5. The van der Waals surface area contributed by atoms with Gasteiger partial charge in [0.2, 0.25) is 0 Å². The highest BCUT2D eigenvalue weighted by Gasteiger charge is 2.03. The summed E-state index contributed by atoms with van der Waals surface area (Å²) in [6.45, 7) is 3.07. The summed E-state index contributed by atoms with van der Waals surface area (Å²) in [4.78, 5) is 13.2. The first-order valence-electron chi connectivity index (χ1n) is 7.33. The van der Waals surface area contributed by atoms with Gasteiger partial charge in [0, 0.05) is 19.5 Å². The molecule has 118 valence electrons. The summed E-state index contributed by atoms with van der Waals surface area (Å²) in [6, 6.07) is 7.85. The molecule has 5 nitrogen and oxygen atoms in total. The summed E-state index contributed by atoms with van der Waals surface area (Å²) in [5.74, 6) is 0.730. The molecular formula is C16H26N2O3. The first-order chi connectivity index (χ1) is 10.2. The summed E-state index contributed by atoms with van der Waals surface area (Å²) in [5.41, 5.74) is 6.65. The highest BCUT2D eigenvalue weighted by molar-refractivity contribution is 5.69. The van der Waals surface area contributed by atoms with E-state index in [1.54, 1.807) is 0 Å². The first-order valence-corrected chi connectivity index (χ1v) is 7.33. The van der Waals surface area contributed by atoms with E-state index in [2.05, 4.69) is 9.64 Å². The third-order valence-corrected chi connectivity index (χ3v) is 3.26. The van der Waals surface area contributed by atoms with Gasteiger partial charge < -0.3 is 20.1 Å². The number of carbonyl (C=O) groups is 1. The second-order valence-electron chi connectivity index (χ2n) is 5.03. The van der Waals surface area contributed by atoms with Crippen LogP contribution in [0.3, 0.4) is 0 Å². The first kappa shape index (κ1) is 17.5. The van der Waals surface area contributed by atoms with Gasteiger partial charge in [-0.1, -0.05) is 12.1 Å². The molecule has 0 amide bonds. The second-order valence-corrected chi connectivity index (χ2v) is 5.03. The highest BCUT2D eigenvalue weighted by Crippen LogP contribution is 2.12. The normalized spacial score (nSPS) is 10.7. The number of rotatable bonds is 10. The summed E-state index contributed by atoms with van der Waals surface area (Å²) >= 11 is 0. The molecule has 0 heterocycles. The van der Waals surface area contributed by atoms with Crippen LogP contribution in [0.5, 0.6) is 5.75 Å². The standard InChI is InChI=1S/C16H26N2O3/c1-18(10-3-5-16(19)20-2)11-4-12-21-15-8-6-14(13-17)7-9-15/h6-9H,3-5,10-13,17H2,1-2H3. The van der Waals surface area contributed by atoms with Crippen LogP contribution in [0.1, 0.15) is 24.8 Å². The van der Waals surface area contributed by atoms with Crippen LogP contribution in [0.25, 0.3) is 0 Å². The maximum atomic E-state index is 11.0. The quantitative estimate of drug-likeness (QED) is 0.526. The molecule has 2 N–H and O–H groups in total. The minimum Gasteiger partial charge on any atom is -0.494 e. The van der Waals surface area contributed by atoms with E-state index < -0.39 is 0 Å². The summed E-state index contributed by atoms with van der Waals surface area (Å²) in [5, 5.41) is 0. The van der Waals surface area contributed by atoms with Crippen molar-refractivity contribution in [3.8, 4) is 5.75 Å². The average molecular weight is 294 g/mol. The van der Waals surface area contributed by atoms with E-state index in [1.165, 1.54) is 7.11 Å². The molecule has 0 aliphatic rings. The van der Waals surface area contributed by atoms with Crippen LogP contribution >= 0.6 is 0 Å². The predicted octanol–water partition coefficient (Wildman–Crippen LogP) is 1.80. The number of ether oxygens (including phenoxy) is 2. The molecule has 0 fully saturated rings. The Morgan fingerprint density at radius 3 is 2.48 bits per heavy atom. The molecule has 0 saturated heterocycles. The van der Waals surface area contributed by atoms with Gasteiger partial charge in [0.05, 0.1) is 13.7 Å². The van der Waals surface area contributed by atoms with Crippen LogP contribution < -0.4 is 10.5 Å². The van der Waals surface area contributed by atoms with Gasteiger partial charge in [-0.05, 0) is 44.1 Å². The molecule has 0 saturated carbocycles. The van der Waals surface area contributed by atoms with Crippen LogP contribution in [-0.2, 0) is 16.1 Å². The number of benzene rings is 1. The van der Waals surface area contributed by atoms with Gasteiger partial charge in [0.15, 0.2) is 0 Å². The molecule has 0 spiro atoms. The molecule has 0 aromatic heterocycles. The molecule has 0 aliphatic carbocycles. The van der Waals surface area contributed by atoms with E-state index in [0.717, 1.165) is 37.2 Å². The fourth-order valence-electron chi connectivity index (χ4n) is 1.95. The van der Waals surface area contributed by atoms with Gasteiger partial charge >= 0.3 is 5.97 Å². The number of carbonyl (C=O) groups excluding carboxylic acids is 1. The van der Waals surface area contributed by atoms with Crippen molar-refractivity contribution in [2.45, 2.75) is 25.8 Å². The van der Waals surface area contributed by atoms with Crippen molar-refractivity contribution in [3.63, 3.8) is 0 Å². The molecule has 0 radical (unpaired) electrons.